The molecule has 6 heteroatoms. The number of carbonyl (C=O) groups is 2. The summed E-state index contributed by atoms with van der Waals surface area (Å²) in [6.45, 7) is 10.8. The Morgan fingerprint density at radius 3 is 2.35 bits per heavy atom. The molecule has 142 valence electrons. The van der Waals surface area contributed by atoms with Gasteiger partial charge in [0.15, 0.2) is 0 Å². The van der Waals surface area contributed by atoms with Crippen LogP contribution in [-0.4, -0.2) is 78.9 Å². The van der Waals surface area contributed by atoms with Crippen LogP contribution in [0.2, 0.25) is 0 Å². The number of hydrogen-bond acceptors (Lipinski definition) is 4. The second-order valence-corrected chi connectivity index (χ2v) is 7.61. The molecule has 0 unspecified atom stereocenters. The first-order valence-corrected chi connectivity index (χ1v) is 9.59. The van der Waals surface area contributed by atoms with Crippen LogP contribution in [0.25, 0.3) is 0 Å². The van der Waals surface area contributed by atoms with E-state index in [1.54, 1.807) is 0 Å². The van der Waals surface area contributed by atoms with E-state index >= 15 is 0 Å². The predicted molar refractivity (Wildman–Crippen MR) is 102 cm³/mol. The molecule has 2 saturated heterocycles. The maximum absolute atomic E-state index is 12.5. The number of carbonyl (C=O) groups excluding carboxylic acids is 2. The van der Waals surface area contributed by atoms with Gasteiger partial charge < -0.3 is 10.2 Å². The van der Waals surface area contributed by atoms with Gasteiger partial charge in [0.1, 0.15) is 0 Å². The average molecular weight is 358 g/mol. The smallest absolute Gasteiger partial charge is 0.236 e. The van der Waals surface area contributed by atoms with E-state index < -0.39 is 0 Å². The molecule has 2 fully saturated rings. The lowest BCUT2D eigenvalue weighted by Crippen LogP contribution is -2.54. The van der Waals surface area contributed by atoms with Crippen LogP contribution in [0.15, 0.2) is 24.3 Å². The number of nitrogens with one attached hydrogen (secondary N) is 1. The average Bonchev–Trinajstić information content (AvgIpc) is 2.63. The van der Waals surface area contributed by atoms with Gasteiger partial charge in [0, 0.05) is 45.8 Å². The van der Waals surface area contributed by atoms with E-state index in [1.165, 1.54) is 11.1 Å². The van der Waals surface area contributed by atoms with Gasteiger partial charge in [-0.05, 0) is 17.0 Å². The first kappa shape index (κ1) is 18.9. The molecule has 2 aliphatic heterocycles. The summed E-state index contributed by atoms with van der Waals surface area (Å²) in [4.78, 5) is 30.2. The molecular formula is C20H30N4O2. The van der Waals surface area contributed by atoms with E-state index in [0.29, 0.717) is 25.6 Å². The molecule has 6 nitrogen and oxygen atoms in total. The van der Waals surface area contributed by atoms with Crippen molar-refractivity contribution in [3.63, 3.8) is 0 Å². The Bertz CT molecular complexity index is 621. The molecular weight excluding hydrogens is 328 g/mol. The van der Waals surface area contributed by atoms with Crippen molar-refractivity contribution in [2.75, 3.05) is 52.4 Å². The van der Waals surface area contributed by atoms with Gasteiger partial charge in [0.2, 0.25) is 11.8 Å². The minimum absolute atomic E-state index is 0.0114. The molecule has 0 aliphatic carbocycles. The standard InChI is InChI=1S/C20H30N4O2/c1-16(2)18-5-3-17(4-6-18)13-22-9-11-24(12-10-22)20(26)15-23-8-7-21-19(25)14-23/h3-6,16H,7-15H2,1-2H3,(H,21,25). The summed E-state index contributed by atoms with van der Waals surface area (Å²) < 4.78 is 0. The van der Waals surface area contributed by atoms with E-state index in [2.05, 4.69) is 48.3 Å². The number of piperazine rings is 2. The third-order valence-corrected chi connectivity index (χ3v) is 5.25. The molecule has 1 aromatic carbocycles. The van der Waals surface area contributed by atoms with Crippen molar-refractivity contribution in [1.82, 2.24) is 20.0 Å². The zero-order chi connectivity index (χ0) is 18.5. The lowest BCUT2D eigenvalue weighted by Gasteiger charge is -2.36. The predicted octanol–water partition coefficient (Wildman–Crippen LogP) is 0.886. The van der Waals surface area contributed by atoms with Crippen LogP contribution >= 0.6 is 0 Å². The van der Waals surface area contributed by atoms with E-state index in [1.807, 2.05) is 9.80 Å². The van der Waals surface area contributed by atoms with Crippen molar-refractivity contribution < 1.29 is 9.59 Å². The molecule has 2 amide bonds. The summed E-state index contributed by atoms with van der Waals surface area (Å²) >= 11 is 0. The molecule has 2 aliphatic rings. The molecule has 0 spiro atoms. The highest BCUT2D eigenvalue weighted by molar-refractivity contribution is 5.81. The molecule has 2 heterocycles. The fraction of sp³-hybridized carbons (Fsp3) is 0.600. The number of hydrogen-bond donors (Lipinski definition) is 1. The van der Waals surface area contributed by atoms with E-state index in [9.17, 15) is 9.59 Å². The second kappa shape index (κ2) is 8.64. The number of amides is 2. The summed E-state index contributed by atoms with van der Waals surface area (Å²) in [7, 11) is 0. The second-order valence-electron chi connectivity index (χ2n) is 7.61. The Kier molecular flexibility index (Phi) is 6.27. The molecule has 0 atom stereocenters. The van der Waals surface area contributed by atoms with Gasteiger partial charge in [-0.3, -0.25) is 19.4 Å². The fourth-order valence-corrected chi connectivity index (χ4v) is 3.54. The maximum Gasteiger partial charge on any atom is 0.236 e. The summed E-state index contributed by atoms with van der Waals surface area (Å²) in [5, 5.41) is 2.79. The third-order valence-electron chi connectivity index (χ3n) is 5.25. The van der Waals surface area contributed by atoms with Crippen LogP contribution in [-0.2, 0) is 16.1 Å². The van der Waals surface area contributed by atoms with Gasteiger partial charge in [0.05, 0.1) is 13.1 Å². The topological polar surface area (TPSA) is 55.9 Å². The SMILES string of the molecule is CC(C)c1ccc(CN2CCN(C(=O)CN3CCNC(=O)C3)CC2)cc1. The first-order valence-electron chi connectivity index (χ1n) is 9.59. The van der Waals surface area contributed by atoms with Crippen molar-refractivity contribution in [2.24, 2.45) is 0 Å². The lowest BCUT2D eigenvalue weighted by molar-refractivity contribution is -0.135. The maximum atomic E-state index is 12.5. The van der Waals surface area contributed by atoms with Gasteiger partial charge in [-0.2, -0.15) is 0 Å². The lowest BCUT2D eigenvalue weighted by atomic mass is 10.0. The van der Waals surface area contributed by atoms with Crippen molar-refractivity contribution in [1.29, 1.82) is 0 Å². The summed E-state index contributed by atoms with van der Waals surface area (Å²) in [5.41, 5.74) is 2.70. The molecule has 0 radical (unpaired) electrons. The molecule has 1 aromatic rings. The minimum atomic E-state index is 0.0114. The van der Waals surface area contributed by atoms with Crippen LogP contribution in [0.3, 0.4) is 0 Å². The monoisotopic (exact) mass is 358 g/mol. The highest BCUT2D eigenvalue weighted by Gasteiger charge is 2.24. The van der Waals surface area contributed by atoms with Gasteiger partial charge in [-0.1, -0.05) is 38.1 Å². The van der Waals surface area contributed by atoms with Crippen LogP contribution in [0.1, 0.15) is 30.9 Å². The zero-order valence-corrected chi connectivity index (χ0v) is 15.9. The largest absolute Gasteiger partial charge is 0.354 e. The molecule has 1 N–H and O–H groups in total. The quantitative estimate of drug-likeness (QED) is 0.849. The summed E-state index contributed by atoms with van der Waals surface area (Å²) in [5.74, 6) is 0.711. The Balaban J connectivity index is 1.43. The van der Waals surface area contributed by atoms with Crippen molar-refractivity contribution in [3.05, 3.63) is 35.4 Å². The van der Waals surface area contributed by atoms with Crippen LogP contribution in [0.5, 0.6) is 0 Å². The van der Waals surface area contributed by atoms with E-state index in [4.69, 9.17) is 0 Å². The van der Waals surface area contributed by atoms with Crippen molar-refractivity contribution in [2.45, 2.75) is 26.3 Å². The van der Waals surface area contributed by atoms with Crippen molar-refractivity contribution >= 4 is 11.8 Å². The molecule has 0 bridgehead atoms. The Hall–Kier alpha value is -1.92. The van der Waals surface area contributed by atoms with Crippen LogP contribution < -0.4 is 5.32 Å². The Labute approximate surface area is 156 Å². The first-order chi connectivity index (χ1) is 12.5. The highest BCUT2D eigenvalue weighted by atomic mass is 16.2. The van der Waals surface area contributed by atoms with Gasteiger partial charge >= 0.3 is 0 Å². The van der Waals surface area contributed by atoms with E-state index in [0.717, 1.165) is 39.3 Å². The van der Waals surface area contributed by atoms with Gasteiger partial charge in [0.25, 0.3) is 0 Å². The number of nitrogens with zero attached hydrogens (tertiary/aromatic N) is 3. The summed E-state index contributed by atoms with van der Waals surface area (Å²) in [6.07, 6.45) is 0. The zero-order valence-electron chi connectivity index (χ0n) is 15.9. The normalized spacial score (nSPS) is 19.7. The third kappa shape index (κ3) is 5.05. The number of rotatable bonds is 5. The van der Waals surface area contributed by atoms with Gasteiger partial charge in [-0.15, -0.1) is 0 Å². The van der Waals surface area contributed by atoms with Crippen LogP contribution in [0, 0.1) is 0 Å². The summed E-state index contributed by atoms with van der Waals surface area (Å²) in [6, 6.07) is 8.87. The van der Waals surface area contributed by atoms with Gasteiger partial charge in [-0.25, -0.2) is 0 Å². The van der Waals surface area contributed by atoms with E-state index in [-0.39, 0.29) is 11.8 Å². The van der Waals surface area contributed by atoms with Crippen LogP contribution in [0.4, 0.5) is 0 Å². The molecule has 0 aromatic heterocycles. The molecule has 0 saturated carbocycles. The fourth-order valence-electron chi connectivity index (χ4n) is 3.54. The number of benzene rings is 1. The molecule has 3 rings (SSSR count). The van der Waals surface area contributed by atoms with Crippen molar-refractivity contribution in [3.8, 4) is 0 Å². The Morgan fingerprint density at radius 1 is 1.04 bits per heavy atom. The Morgan fingerprint density at radius 2 is 1.73 bits per heavy atom. The highest BCUT2D eigenvalue weighted by Crippen LogP contribution is 2.16. The minimum Gasteiger partial charge on any atom is -0.354 e. The molecule has 26 heavy (non-hydrogen) atoms.